The lowest BCUT2D eigenvalue weighted by Gasteiger charge is -2.10. The first-order chi connectivity index (χ1) is 12.8. The summed E-state index contributed by atoms with van der Waals surface area (Å²) in [6, 6.07) is 15.8. The number of rotatable bonds is 9. The number of hydrogen-bond acceptors (Lipinski definition) is 5. The number of aromatic nitrogens is 1. The number of oxazole rings is 1. The van der Waals surface area contributed by atoms with Gasteiger partial charge in [-0.2, -0.15) is 0 Å². The minimum absolute atomic E-state index is 0.595. The third-order valence-corrected chi connectivity index (χ3v) is 3.84. The van der Waals surface area contributed by atoms with Crippen molar-refractivity contribution in [2.45, 2.75) is 26.9 Å². The van der Waals surface area contributed by atoms with Crippen LogP contribution in [0.2, 0.25) is 0 Å². The number of nitrogens with zero attached hydrogens (tertiary/aromatic N) is 1. The second-order valence-corrected chi connectivity index (χ2v) is 5.75. The third kappa shape index (κ3) is 4.64. The molecular weight excluding hydrogens is 328 g/mol. The van der Waals surface area contributed by atoms with Crippen LogP contribution in [0.4, 0.5) is 0 Å². The number of nitrogens with one attached hydrogen (secondary N) is 1. The summed E-state index contributed by atoms with van der Waals surface area (Å²) in [6.07, 6.45) is 1.68. The number of hydrogen-bond donors (Lipinski definition) is 1. The van der Waals surface area contributed by atoms with Gasteiger partial charge in [0.05, 0.1) is 18.9 Å². The molecule has 0 radical (unpaired) electrons. The van der Waals surface area contributed by atoms with E-state index in [0.29, 0.717) is 32.2 Å². The van der Waals surface area contributed by atoms with Crippen molar-refractivity contribution in [1.82, 2.24) is 10.3 Å². The van der Waals surface area contributed by atoms with E-state index in [1.807, 2.05) is 56.3 Å². The first-order valence-corrected chi connectivity index (χ1v) is 8.89. The highest BCUT2D eigenvalue weighted by molar-refractivity contribution is 5.56. The van der Waals surface area contributed by atoms with Crippen molar-refractivity contribution in [2.75, 3.05) is 13.2 Å². The largest absolute Gasteiger partial charge is 0.494 e. The summed E-state index contributed by atoms with van der Waals surface area (Å²) >= 11 is 0. The summed E-state index contributed by atoms with van der Waals surface area (Å²) in [5, 5.41) is 3.39. The van der Waals surface area contributed by atoms with Gasteiger partial charge in [-0.25, -0.2) is 4.98 Å². The van der Waals surface area contributed by atoms with Gasteiger partial charge >= 0.3 is 0 Å². The van der Waals surface area contributed by atoms with Crippen molar-refractivity contribution >= 4 is 0 Å². The van der Waals surface area contributed by atoms with Crippen LogP contribution in [0, 0.1) is 0 Å². The molecule has 0 spiro atoms. The molecule has 1 heterocycles. The normalized spacial score (nSPS) is 10.7. The van der Waals surface area contributed by atoms with Crippen molar-refractivity contribution in [3.05, 3.63) is 66.1 Å². The van der Waals surface area contributed by atoms with E-state index < -0.39 is 0 Å². The molecule has 0 amide bonds. The highest BCUT2D eigenvalue weighted by atomic mass is 16.5. The zero-order valence-electron chi connectivity index (χ0n) is 15.2. The van der Waals surface area contributed by atoms with Gasteiger partial charge in [0.15, 0.2) is 0 Å². The smallest absolute Gasteiger partial charge is 0.226 e. The van der Waals surface area contributed by atoms with E-state index >= 15 is 0 Å². The van der Waals surface area contributed by atoms with Gasteiger partial charge in [-0.15, -0.1) is 0 Å². The molecule has 2 aromatic carbocycles. The highest BCUT2D eigenvalue weighted by Gasteiger charge is 2.08. The quantitative estimate of drug-likeness (QED) is 0.617. The molecule has 5 nitrogen and oxygen atoms in total. The molecule has 3 aromatic rings. The Labute approximate surface area is 154 Å². The van der Waals surface area contributed by atoms with Crippen LogP contribution in [0.15, 0.2) is 59.2 Å². The zero-order valence-corrected chi connectivity index (χ0v) is 15.2. The fourth-order valence-electron chi connectivity index (χ4n) is 2.68. The van der Waals surface area contributed by atoms with E-state index in [-0.39, 0.29) is 0 Å². The van der Waals surface area contributed by atoms with E-state index in [4.69, 9.17) is 13.9 Å². The van der Waals surface area contributed by atoms with Gasteiger partial charge in [0.2, 0.25) is 5.89 Å². The molecule has 136 valence electrons. The van der Waals surface area contributed by atoms with Gasteiger partial charge in [0, 0.05) is 24.2 Å². The SMILES string of the molecule is CCOc1cccc(-c2nc(CNCc3ccccc3OCC)co2)c1. The molecule has 0 aliphatic carbocycles. The molecule has 5 heteroatoms. The molecule has 0 unspecified atom stereocenters. The Bertz CT molecular complexity index is 829. The summed E-state index contributed by atoms with van der Waals surface area (Å²) in [7, 11) is 0. The average molecular weight is 352 g/mol. The molecule has 0 saturated carbocycles. The second-order valence-electron chi connectivity index (χ2n) is 5.75. The Morgan fingerprint density at radius 3 is 2.65 bits per heavy atom. The summed E-state index contributed by atoms with van der Waals surface area (Å²) in [4.78, 5) is 4.56. The van der Waals surface area contributed by atoms with Crippen molar-refractivity contribution in [3.63, 3.8) is 0 Å². The van der Waals surface area contributed by atoms with Gasteiger partial charge in [-0.1, -0.05) is 24.3 Å². The molecule has 0 aliphatic heterocycles. The van der Waals surface area contributed by atoms with Crippen LogP contribution in [0.3, 0.4) is 0 Å². The summed E-state index contributed by atoms with van der Waals surface area (Å²) < 4.78 is 16.8. The first kappa shape index (κ1) is 18.0. The fourth-order valence-corrected chi connectivity index (χ4v) is 2.68. The highest BCUT2D eigenvalue weighted by Crippen LogP contribution is 2.23. The molecule has 1 N–H and O–H groups in total. The summed E-state index contributed by atoms with van der Waals surface area (Å²) in [6.45, 7) is 6.57. The summed E-state index contributed by atoms with van der Waals surface area (Å²) in [5.41, 5.74) is 2.89. The standard InChI is InChI=1S/C21H24N2O3/c1-3-24-19-10-7-9-16(12-19)21-23-18(15-26-21)14-22-13-17-8-5-6-11-20(17)25-4-2/h5-12,15,22H,3-4,13-14H2,1-2H3. The van der Waals surface area contributed by atoms with Crippen LogP contribution in [-0.4, -0.2) is 18.2 Å². The van der Waals surface area contributed by atoms with E-state index in [1.165, 1.54) is 0 Å². The van der Waals surface area contributed by atoms with Gasteiger partial charge in [-0.05, 0) is 38.1 Å². The Kier molecular flexibility index (Phi) is 6.28. The lowest BCUT2D eigenvalue weighted by molar-refractivity contribution is 0.335. The van der Waals surface area contributed by atoms with Crippen LogP contribution in [0.5, 0.6) is 11.5 Å². The maximum Gasteiger partial charge on any atom is 0.226 e. The molecule has 0 aliphatic rings. The van der Waals surface area contributed by atoms with Crippen LogP contribution >= 0.6 is 0 Å². The second kappa shape index (κ2) is 9.06. The van der Waals surface area contributed by atoms with Crippen LogP contribution < -0.4 is 14.8 Å². The molecule has 26 heavy (non-hydrogen) atoms. The molecule has 0 atom stereocenters. The maximum absolute atomic E-state index is 5.65. The van der Waals surface area contributed by atoms with Crippen molar-refractivity contribution < 1.29 is 13.9 Å². The van der Waals surface area contributed by atoms with Gasteiger partial charge in [0.25, 0.3) is 0 Å². The molecule has 0 fully saturated rings. The average Bonchev–Trinajstić information content (AvgIpc) is 3.13. The van der Waals surface area contributed by atoms with Crippen LogP contribution in [0.1, 0.15) is 25.1 Å². The maximum atomic E-state index is 5.65. The van der Waals surface area contributed by atoms with Gasteiger partial charge in [-0.3, -0.25) is 0 Å². The zero-order chi connectivity index (χ0) is 18.2. The van der Waals surface area contributed by atoms with Crippen molar-refractivity contribution in [3.8, 4) is 23.0 Å². The Morgan fingerprint density at radius 1 is 0.962 bits per heavy atom. The molecule has 1 aromatic heterocycles. The monoisotopic (exact) mass is 352 g/mol. The molecular formula is C21H24N2O3. The molecule has 0 bridgehead atoms. The third-order valence-electron chi connectivity index (χ3n) is 3.84. The van der Waals surface area contributed by atoms with Crippen LogP contribution in [-0.2, 0) is 13.1 Å². The van der Waals surface area contributed by atoms with Crippen LogP contribution in [0.25, 0.3) is 11.5 Å². The van der Waals surface area contributed by atoms with E-state index in [1.54, 1.807) is 6.26 Å². The minimum Gasteiger partial charge on any atom is -0.494 e. The lowest BCUT2D eigenvalue weighted by Crippen LogP contribution is -2.13. The first-order valence-electron chi connectivity index (χ1n) is 8.89. The van der Waals surface area contributed by atoms with E-state index in [2.05, 4.69) is 16.4 Å². The Balaban J connectivity index is 1.60. The fraction of sp³-hybridized carbons (Fsp3) is 0.286. The minimum atomic E-state index is 0.595. The van der Waals surface area contributed by atoms with Crippen molar-refractivity contribution in [2.24, 2.45) is 0 Å². The lowest BCUT2D eigenvalue weighted by atomic mass is 10.2. The molecule has 3 rings (SSSR count). The topological polar surface area (TPSA) is 56.5 Å². The molecule has 0 saturated heterocycles. The van der Waals surface area contributed by atoms with Gasteiger partial charge in [0.1, 0.15) is 17.8 Å². The number of para-hydroxylation sites is 1. The van der Waals surface area contributed by atoms with E-state index in [0.717, 1.165) is 28.3 Å². The summed E-state index contributed by atoms with van der Waals surface area (Å²) in [5.74, 6) is 2.32. The van der Waals surface area contributed by atoms with Gasteiger partial charge < -0.3 is 19.2 Å². The Morgan fingerprint density at radius 2 is 1.81 bits per heavy atom. The predicted octanol–water partition coefficient (Wildman–Crippen LogP) is 4.43. The van der Waals surface area contributed by atoms with Crippen molar-refractivity contribution in [1.29, 1.82) is 0 Å². The predicted molar refractivity (Wildman–Crippen MR) is 101 cm³/mol. The number of ether oxygens (including phenoxy) is 2. The number of benzene rings is 2. The van der Waals surface area contributed by atoms with E-state index in [9.17, 15) is 0 Å². The Hall–Kier alpha value is -2.79.